The van der Waals surface area contributed by atoms with Gasteiger partial charge in [-0.2, -0.15) is 0 Å². The first-order valence-electron chi connectivity index (χ1n) is 17.0. The van der Waals surface area contributed by atoms with E-state index in [1.165, 1.54) is 16.7 Å². The van der Waals surface area contributed by atoms with Gasteiger partial charge in [-0.3, -0.25) is 9.80 Å². The molecule has 50 heavy (non-hydrogen) atoms. The molecule has 10 nitrogen and oxygen atoms in total. The summed E-state index contributed by atoms with van der Waals surface area (Å²) in [4.78, 5) is 4.72. The van der Waals surface area contributed by atoms with Crippen LogP contribution in [0.4, 0.5) is 0 Å². The Morgan fingerprint density at radius 2 is 1.34 bits per heavy atom. The van der Waals surface area contributed by atoms with Crippen molar-refractivity contribution in [2.45, 2.75) is 37.8 Å². The molecule has 4 aromatic carbocycles. The lowest BCUT2D eigenvalue weighted by Crippen LogP contribution is -2.36. The maximum atomic E-state index is 11.3. The lowest BCUT2D eigenvalue weighted by Gasteiger charge is -2.41. The van der Waals surface area contributed by atoms with Gasteiger partial charge in [0.15, 0.2) is 34.5 Å². The molecule has 0 bridgehead atoms. The minimum Gasteiger partial charge on any atom is -0.504 e. The fourth-order valence-electron chi connectivity index (χ4n) is 8.13. The van der Waals surface area contributed by atoms with Crippen molar-refractivity contribution in [3.8, 4) is 62.9 Å². The summed E-state index contributed by atoms with van der Waals surface area (Å²) in [6, 6.07) is 14.7. The van der Waals surface area contributed by atoms with E-state index in [0.717, 1.165) is 65.2 Å². The van der Waals surface area contributed by atoms with Gasteiger partial charge in [-0.15, -0.1) is 0 Å². The summed E-state index contributed by atoms with van der Waals surface area (Å²) in [5.74, 6) is 4.80. The van der Waals surface area contributed by atoms with Gasteiger partial charge >= 0.3 is 0 Å². The molecule has 2 aliphatic heterocycles. The summed E-state index contributed by atoms with van der Waals surface area (Å²) < 4.78 is 41.6. The first-order chi connectivity index (χ1) is 24.3. The molecule has 264 valence electrons. The fraction of sp³-hybridized carbons (Fsp3) is 0.400. The van der Waals surface area contributed by atoms with Gasteiger partial charge in [0.1, 0.15) is 5.75 Å². The molecule has 0 unspecified atom stereocenters. The highest BCUT2D eigenvalue weighted by Gasteiger charge is 2.41. The number of aromatic hydroxyl groups is 1. The van der Waals surface area contributed by atoms with E-state index in [2.05, 4.69) is 48.2 Å². The Balaban J connectivity index is 1.27. The molecule has 2 heterocycles. The van der Waals surface area contributed by atoms with E-state index < -0.39 is 0 Å². The van der Waals surface area contributed by atoms with Crippen LogP contribution in [0.15, 0.2) is 42.5 Å². The van der Waals surface area contributed by atoms with Gasteiger partial charge in [-0.1, -0.05) is 12.1 Å². The zero-order chi connectivity index (χ0) is 35.3. The monoisotopic (exact) mass is 682 g/mol. The van der Waals surface area contributed by atoms with Crippen LogP contribution in [0.5, 0.6) is 51.7 Å². The van der Waals surface area contributed by atoms with E-state index in [0.29, 0.717) is 47.3 Å². The number of hydrogen-bond donors (Lipinski definition) is 1. The zero-order valence-corrected chi connectivity index (χ0v) is 30.1. The lowest BCUT2D eigenvalue weighted by atomic mass is 9.75. The molecule has 0 radical (unpaired) electrons. The Kier molecular flexibility index (Phi) is 9.09. The quantitative estimate of drug-likeness (QED) is 0.194. The van der Waals surface area contributed by atoms with E-state index in [-0.39, 0.29) is 17.8 Å². The fourth-order valence-corrected chi connectivity index (χ4v) is 8.13. The zero-order valence-electron chi connectivity index (χ0n) is 30.1. The number of phenolic OH excluding ortho intramolecular Hbond substituents is 1. The minimum absolute atomic E-state index is 0.0104. The van der Waals surface area contributed by atoms with Gasteiger partial charge in [-0.05, 0) is 97.9 Å². The largest absolute Gasteiger partial charge is 0.504 e. The predicted octanol–water partition coefficient (Wildman–Crippen LogP) is 6.76. The summed E-state index contributed by atoms with van der Waals surface area (Å²) in [5, 5.41) is 11.3. The van der Waals surface area contributed by atoms with Gasteiger partial charge in [0.05, 0.1) is 42.7 Å². The van der Waals surface area contributed by atoms with E-state index in [9.17, 15) is 5.11 Å². The smallest absolute Gasteiger partial charge is 0.204 e. The minimum atomic E-state index is -0.0104. The molecule has 1 N–H and O–H groups in total. The van der Waals surface area contributed by atoms with Crippen molar-refractivity contribution in [3.05, 3.63) is 75.8 Å². The third-order valence-electron chi connectivity index (χ3n) is 10.8. The van der Waals surface area contributed by atoms with Crippen molar-refractivity contribution < 1.29 is 38.3 Å². The van der Waals surface area contributed by atoms with Gasteiger partial charge in [0.2, 0.25) is 11.5 Å². The van der Waals surface area contributed by atoms with E-state index >= 15 is 0 Å². The Morgan fingerprint density at radius 3 is 2.00 bits per heavy atom. The number of fused-ring (bicyclic) bond motifs is 3. The molecule has 2 atom stereocenters. The molecule has 7 rings (SSSR count). The Hall–Kier alpha value is -4.80. The summed E-state index contributed by atoms with van der Waals surface area (Å²) in [6.45, 7) is 1.76. The number of phenols is 1. The van der Waals surface area contributed by atoms with Crippen LogP contribution in [0.3, 0.4) is 0 Å². The molecule has 0 fully saturated rings. The third-order valence-corrected chi connectivity index (χ3v) is 10.8. The van der Waals surface area contributed by atoms with Gasteiger partial charge in [-0.25, -0.2) is 0 Å². The average Bonchev–Trinajstić information content (AvgIpc) is 3.14. The molecule has 0 saturated carbocycles. The SMILES string of the molecule is COc1cc2c(cc1OC)[C@H](Cc1ccc(Oc3c4c(cc(OC)c3OC)-c3c(OC)c(OC)c(O)c5c3[C@H](C4)N(C)CC5)cc1)N(C)CC2. The number of nitrogens with zero attached hydrogens (tertiary/aromatic N) is 2. The molecule has 0 aromatic heterocycles. The second-order valence-electron chi connectivity index (χ2n) is 13.2. The molecule has 0 spiro atoms. The highest BCUT2D eigenvalue weighted by atomic mass is 16.5. The predicted molar refractivity (Wildman–Crippen MR) is 191 cm³/mol. The van der Waals surface area contributed by atoms with Gasteiger partial charge < -0.3 is 38.3 Å². The summed E-state index contributed by atoms with van der Waals surface area (Å²) >= 11 is 0. The van der Waals surface area contributed by atoms with Gasteiger partial charge in [0, 0.05) is 41.9 Å². The maximum Gasteiger partial charge on any atom is 0.204 e. The Labute approximate surface area is 294 Å². The van der Waals surface area contributed by atoms with Crippen molar-refractivity contribution in [2.24, 2.45) is 0 Å². The van der Waals surface area contributed by atoms with Crippen LogP contribution < -0.4 is 33.2 Å². The summed E-state index contributed by atoms with van der Waals surface area (Å²) in [5.41, 5.74) is 8.44. The van der Waals surface area contributed by atoms with Crippen LogP contribution in [0, 0.1) is 0 Å². The molecule has 1 aliphatic carbocycles. The molecule has 0 saturated heterocycles. The van der Waals surface area contributed by atoms with Crippen LogP contribution in [0.25, 0.3) is 11.1 Å². The van der Waals surface area contributed by atoms with Crippen molar-refractivity contribution in [1.82, 2.24) is 9.80 Å². The van der Waals surface area contributed by atoms with E-state index in [1.54, 1.807) is 42.7 Å². The summed E-state index contributed by atoms with van der Waals surface area (Å²) in [6.07, 6.45) is 3.14. The number of ether oxygens (including phenoxy) is 7. The van der Waals surface area contributed by atoms with Crippen molar-refractivity contribution in [2.75, 3.05) is 69.8 Å². The van der Waals surface area contributed by atoms with Crippen molar-refractivity contribution >= 4 is 0 Å². The second kappa shape index (κ2) is 13.5. The van der Waals surface area contributed by atoms with E-state index in [1.807, 2.05) is 18.2 Å². The van der Waals surface area contributed by atoms with Crippen molar-refractivity contribution in [1.29, 1.82) is 0 Å². The molecule has 10 heteroatoms. The molecular weight excluding hydrogens is 636 g/mol. The standard InChI is InChI=1S/C40H46N2O8/c1-41-15-13-23-18-31(44-3)32(45-4)20-26(23)29(41)17-22-9-11-24(12-10-22)50-37-28-19-30-34-25(14-16-42(30)2)36(43)40(49-8)39(48-7)35(34)27(28)21-33(46-5)38(37)47-6/h9-12,18,20-21,29-30,43H,13-17,19H2,1-8H3/t29-,30-/m0/s1. The third kappa shape index (κ3) is 5.41. The number of hydrogen-bond acceptors (Lipinski definition) is 10. The van der Waals surface area contributed by atoms with Crippen LogP contribution in [0.1, 0.15) is 45.5 Å². The molecule has 0 amide bonds. The Bertz CT molecular complexity index is 1920. The second-order valence-corrected chi connectivity index (χ2v) is 13.2. The first-order valence-corrected chi connectivity index (χ1v) is 17.0. The van der Waals surface area contributed by atoms with Crippen LogP contribution in [-0.2, 0) is 25.7 Å². The highest BCUT2D eigenvalue weighted by Crippen LogP contribution is 2.60. The first kappa shape index (κ1) is 33.7. The highest BCUT2D eigenvalue weighted by molar-refractivity contribution is 5.89. The van der Waals surface area contributed by atoms with Crippen LogP contribution in [0.2, 0.25) is 0 Å². The lowest BCUT2D eigenvalue weighted by molar-refractivity contribution is 0.221. The number of benzene rings is 4. The van der Waals surface area contributed by atoms with Crippen molar-refractivity contribution in [3.63, 3.8) is 0 Å². The molecular formula is C40H46N2O8. The normalized spacial score (nSPS) is 18.0. The maximum absolute atomic E-state index is 11.3. The number of likely N-dealkylation sites (N-methyl/N-ethyl adjacent to an activating group) is 2. The summed E-state index contributed by atoms with van der Waals surface area (Å²) in [7, 11) is 14.1. The number of rotatable bonds is 10. The molecule has 3 aliphatic rings. The van der Waals surface area contributed by atoms with Gasteiger partial charge in [0.25, 0.3) is 0 Å². The molecule has 4 aromatic rings. The topological polar surface area (TPSA) is 91.3 Å². The Morgan fingerprint density at radius 1 is 0.680 bits per heavy atom. The average molecular weight is 683 g/mol. The van der Waals surface area contributed by atoms with E-state index in [4.69, 9.17) is 33.2 Å². The number of methoxy groups -OCH3 is 6. The van der Waals surface area contributed by atoms with Crippen LogP contribution >= 0.6 is 0 Å². The van der Waals surface area contributed by atoms with Crippen LogP contribution in [-0.4, -0.2) is 84.7 Å².